The zero-order chi connectivity index (χ0) is 13.3. The van der Waals surface area contributed by atoms with E-state index in [1.54, 1.807) is 0 Å². The average molecular weight is 270 g/mol. The normalized spacial score (nSPS) is 23.8. The van der Waals surface area contributed by atoms with Crippen molar-refractivity contribution in [2.24, 2.45) is 0 Å². The van der Waals surface area contributed by atoms with Gasteiger partial charge in [0, 0.05) is 18.6 Å². The second-order valence-corrected chi connectivity index (χ2v) is 5.89. The standard InChI is InChI=1S/C15H30N2O2/c18-11-13-19-12-8-16-14-6-9-17(10-7-14)15-4-2-1-3-5-15/h14-16,18H,1-13H2. The highest BCUT2D eigenvalue weighted by atomic mass is 16.5. The summed E-state index contributed by atoms with van der Waals surface area (Å²) >= 11 is 0. The van der Waals surface area contributed by atoms with Gasteiger partial charge in [-0.1, -0.05) is 19.3 Å². The third-order valence-electron chi connectivity index (χ3n) is 4.54. The lowest BCUT2D eigenvalue weighted by atomic mass is 9.92. The molecule has 112 valence electrons. The van der Waals surface area contributed by atoms with E-state index in [0.717, 1.165) is 12.6 Å². The predicted molar refractivity (Wildman–Crippen MR) is 77.4 cm³/mol. The quantitative estimate of drug-likeness (QED) is 0.686. The molecule has 2 rings (SSSR count). The Kier molecular flexibility index (Phi) is 7.14. The third-order valence-corrected chi connectivity index (χ3v) is 4.54. The summed E-state index contributed by atoms with van der Waals surface area (Å²) in [5.41, 5.74) is 0. The van der Waals surface area contributed by atoms with Crippen LogP contribution in [-0.2, 0) is 4.74 Å². The van der Waals surface area contributed by atoms with Gasteiger partial charge < -0.3 is 20.1 Å². The number of hydrogen-bond acceptors (Lipinski definition) is 4. The summed E-state index contributed by atoms with van der Waals surface area (Å²) in [5.74, 6) is 0. The average Bonchev–Trinajstić information content (AvgIpc) is 2.49. The van der Waals surface area contributed by atoms with Crippen LogP contribution in [0.1, 0.15) is 44.9 Å². The summed E-state index contributed by atoms with van der Waals surface area (Å²) < 4.78 is 5.27. The molecule has 0 amide bonds. The second kappa shape index (κ2) is 8.90. The fourth-order valence-electron chi connectivity index (χ4n) is 3.42. The number of hydrogen-bond donors (Lipinski definition) is 2. The lowest BCUT2D eigenvalue weighted by Crippen LogP contribution is -2.47. The van der Waals surface area contributed by atoms with Crippen LogP contribution in [0.2, 0.25) is 0 Å². The molecule has 1 saturated carbocycles. The molecule has 4 nitrogen and oxygen atoms in total. The Labute approximate surface area is 117 Å². The van der Waals surface area contributed by atoms with Gasteiger partial charge in [0.25, 0.3) is 0 Å². The van der Waals surface area contributed by atoms with Gasteiger partial charge in [0.05, 0.1) is 19.8 Å². The van der Waals surface area contributed by atoms with Gasteiger partial charge in [0.1, 0.15) is 0 Å². The Hall–Kier alpha value is -0.160. The monoisotopic (exact) mass is 270 g/mol. The summed E-state index contributed by atoms with van der Waals surface area (Å²) in [6.07, 6.45) is 9.71. The van der Waals surface area contributed by atoms with Crippen molar-refractivity contribution < 1.29 is 9.84 Å². The van der Waals surface area contributed by atoms with Crippen molar-refractivity contribution >= 4 is 0 Å². The Morgan fingerprint density at radius 3 is 2.42 bits per heavy atom. The van der Waals surface area contributed by atoms with Crippen LogP contribution in [-0.4, -0.2) is 61.5 Å². The molecular formula is C15H30N2O2. The summed E-state index contributed by atoms with van der Waals surface area (Å²) in [5, 5.41) is 12.2. The number of likely N-dealkylation sites (tertiary alicyclic amines) is 1. The van der Waals surface area contributed by atoms with E-state index in [0.29, 0.717) is 19.3 Å². The van der Waals surface area contributed by atoms with E-state index in [1.165, 1.54) is 58.0 Å². The third kappa shape index (κ3) is 5.38. The van der Waals surface area contributed by atoms with Gasteiger partial charge >= 0.3 is 0 Å². The minimum Gasteiger partial charge on any atom is -0.394 e. The van der Waals surface area contributed by atoms with E-state index in [1.807, 2.05) is 0 Å². The smallest absolute Gasteiger partial charge is 0.0698 e. The highest BCUT2D eigenvalue weighted by Crippen LogP contribution is 2.25. The van der Waals surface area contributed by atoms with Gasteiger partial charge in [0.15, 0.2) is 0 Å². The van der Waals surface area contributed by atoms with Crippen molar-refractivity contribution in [2.75, 3.05) is 39.5 Å². The zero-order valence-electron chi connectivity index (χ0n) is 12.1. The maximum atomic E-state index is 8.62. The van der Waals surface area contributed by atoms with Crippen LogP contribution in [0.3, 0.4) is 0 Å². The molecular weight excluding hydrogens is 240 g/mol. The molecule has 1 aliphatic heterocycles. The predicted octanol–water partition coefficient (Wildman–Crippen LogP) is 1.38. The number of ether oxygens (including phenoxy) is 1. The molecule has 0 aromatic heterocycles. The van der Waals surface area contributed by atoms with E-state index < -0.39 is 0 Å². The topological polar surface area (TPSA) is 44.7 Å². The minimum atomic E-state index is 0.125. The molecule has 0 aromatic rings. The highest BCUT2D eigenvalue weighted by Gasteiger charge is 2.25. The lowest BCUT2D eigenvalue weighted by molar-refractivity contribution is 0.0860. The largest absolute Gasteiger partial charge is 0.394 e. The molecule has 1 aliphatic carbocycles. The van der Waals surface area contributed by atoms with Crippen LogP contribution in [0.15, 0.2) is 0 Å². The van der Waals surface area contributed by atoms with Crippen LogP contribution < -0.4 is 5.32 Å². The van der Waals surface area contributed by atoms with Gasteiger partial charge in [-0.05, 0) is 38.8 Å². The molecule has 0 spiro atoms. The molecule has 4 heteroatoms. The minimum absolute atomic E-state index is 0.125. The maximum absolute atomic E-state index is 8.62. The van der Waals surface area contributed by atoms with Gasteiger partial charge in [0.2, 0.25) is 0 Å². The Morgan fingerprint density at radius 2 is 1.74 bits per heavy atom. The molecule has 0 aromatic carbocycles. The first-order valence-corrected chi connectivity index (χ1v) is 8.06. The van der Waals surface area contributed by atoms with E-state index >= 15 is 0 Å². The summed E-state index contributed by atoms with van der Waals surface area (Å²) in [7, 11) is 0. The molecule has 2 N–H and O–H groups in total. The fraction of sp³-hybridized carbons (Fsp3) is 1.00. The fourth-order valence-corrected chi connectivity index (χ4v) is 3.42. The van der Waals surface area contributed by atoms with Crippen LogP contribution in [0, 0.1) is 0 Å². The van der Waals surface area contributed by atoms with Crippen LogP contribution in [0.5, 0.6) is 0 Å². The Balaban J connectivity index is 1.54. The second-order valence-electron chi connectivity index (χ2n) is 5.89. The number of nitrogens with one attached hydrogen (secondary N) is 1. The van der Waals surface area contributed by atoms with Gasteiger partial charge in [-0.2, -0.15) is 0 Å². The summed E-state index contributed by atoms with van der Waals surface area (Å²) in [6.45, 7) is 4.73. The number of aliphatic hydroxyl groups excluding tert-OH is 1. The zero-order valence-corrected chi connectivity index (χ0v) is 12.1. The molecule has 0 unspecified atom stereocenters. The molecule has 2 aliphatic rings. The van der Waals surface area contributed by atoms with E-state index in [9.17, 15) is 0 Å². The summed E-state index contributed by atoms with van der Waals surface area (Å²) in [6, 6.07) is 1.54. The van der Waals surface area contributed by atoms with Crippen LogP contribution >= 0.6 is 0 Å². The lowest BCUT2D eigenvalue weighted by Gasteiger charge is -2.39. The first-order valence-electron chi connectivity index (χ1n) is 8.06. The molecule has 0 atom stereocenters. The molecule has 0 bridgehead atoms. The number of nitrogens with zero attached hydrogens (tertiary/aromatic N) is 1. The molecule has 2 fully saturated rings. The van der Waals surface area contributed by atoms with Gasteiger partial charge in [-0.25, -0.2) is 0 Å². The van der Waals surface area contributed by atoms with Crippen LogP contribution in [0.4, 0.5) is 0 Å². The van der Waals surface area contributed by atoms with Gasteiger partial charge in [-0.15, -0.1) is 0 Å². The highest BCUT2D eigenvalue weighted by molar-refractivity contribution is 4.83. The Morgan fingerprint density at radius 1 is 1.00 bits per heavy atom. The first kappa shape index (κ1) is 15.2. The molecule has 1 heterocycles. The van der Waals surface area contributed by atoms with Crippen molar-refractivity contribution in [1.29, 1.82) is 0 Å². The number of aliphatic hydroxyl groups is 1. The number of piperidine rings is 1. The maximum Gasteiger partial charge on any atom is 0.0698 e. The molecule has 1 saturated heterocycles. The van der Waals surface area contributed by atoms with Crippen molar-refractivity contribution in [3.8, 4) is 0 Å². The van der Waals surface area contributed by atoms with Crippen molar-refractivity contribution in [3.63, 3.8) is 0 Å². The Bertz CT molecular complexity index is 224. The van der Waals surface area contributed by atoms with Crippen LogP contribution in [0.25, 0.3) is 0 Å². The van der Waals surface area contributed by atoms with E-state index in [2.05, 4.69) is 10.2 Å². The molecule has 0 radical (unpaired) electrons. The van der Waals surface area contributed by atoms with Gasteiger partial charge in [-0.3, -0.25) is 0 Å². The molecule has 19 heavy (non-hydrogen) atoms. The SMILES string of the molecule is OCCOCCNC1CCN(C2CCCCC2)CC1. The van der Waals surface area contributed by atoms with Crippen molar-refractivity contribution in [2.45, 2.75) is 57.0 Å². The van der Waals surface area contributed by atoms with E-state index in [-0.39, 0.29) is 6.61 Å². The number of rotatable bonds is 7. The first-order chi connectivity index (χ1) is 9.40. The summed E-state index contributed by atoms with van der Waals surface area (Å²) in [4.78, 5) is 2.72. The van der Waals surface area contributed by atoms with E-state index in [4.69, 9.17) is 9.84 Å². The van der Waals surface area contributed by atoms with Crippen molar-refractivity contribution in [3.05, 3.63) is 0 Å². The van der Waals surface area contributed by atoms with Crippen molar-refractivity contribution in [1.82, 2.24) is 10.2 Å².